The molecule has 0 bridgehead atoms. The zero-order valence-electron chi connectivity index (χ0n) is 13.7. The van der Waals surface area contributed by atoms with E-state index in [1.165, 1.54) is 0 Å². The van der Waals surface area contributed by atoms with Gasteiger partial charge in [-0.1, -0.05) is 13.8 Å². The minimum atomic E-state index is -0.794. The molecule has 2 heterocycles. The lowest BCUT2D eigenvalue weighted by Gasteiger charge is -2.27. The first kappa shape index (κ1) is 17.5. The number of carboxylic acid groups (broad SMARTS) is 1. The maximum Gasteiger partial charge on any atom is 0.308 e. The Hall–Kier alpha value is -1.89. The topological polar surface area (TPSA) is 93.6 Å². The molecule has 0 amide bonds. The monoisotopic (exact) mass is 323 g/mol. The first-order chi connectivity index (χ1) is 11.1. The van der Waals surface area contributed by atoms with Crippen molar-refractivity contribution in [1.82, 2.24) is 9.97 Å². The first-order valence-corrected chi connectivity index (χ1v) is 8.06. The van der Waals surface area contributed by atoms with Crippen molar-refractivity contribution in [3.05, 3.63) is 12.4 Å². The van der Waals surface area contributed by atoms with Gasteiger partial charge in [0.2, 0.25) is 0 Å². The molecule has 1 saturated heterocycles. The van der Waals surface area contributed by atoms with Gasteiger partial charge in [-0.05, 0) is 24.7 Å². The van der Waals surface area contributed by atoms with Crippen LogP contribution in [0.25, 0.3) is 0 Å². The van der Waals surface area contributed by atoms with E-state index < -0.39 is 11.9 Å². The predicted molar refractivity (Wildman–Crippen MR) is 85.5 cm³/mol. The molecule has 0 aromatic carbocycles. The zero-order chi connectivity index (χ0) is 16.7. The molecule has 128 valence electrons. The molecule has 1 atom stereocenters. The quantitative estimate of drug-likeness (QED) is 0.756. The molecular formula is C16H25N3O4. The van der Waals surface area contributed by atoms with Crippen LogP contribution in [0.4, 0.5) is 5.82 Å². The second-order valence-electron chi connectivity index (χ2n) is 6.19. The predicted octanol–water partition coefficient (Wildman–Crippen LogP) is 2.05. The summed E-state index contributed by atoms with van der Waals surface area (Å²) < 4.78 is 10.9. The van der Waals surface area contributed by atoms with E-state index in [1.807, 2.05) is 0 Å². The van der Waals surface area contributed by atoms with Crippen LogP contribution >= 0.6 is 0 Å². The summed E-state index contributed by atoms with van der Waals surface area (Å²) in [5.74, 6) is 0.130. The number of aliphatic carboxylic acids is 1. The molecule has 1 aromatic heterocycles. The van der Waals surface area contributed by atoms with Gasteiger partial charge in [-0.25, -0.2) is 9.97 Å². The summed E-state index contributed by atoms with van der Waals surface area (Å²) in [6.07, 6.45) is 4.68. The number of aromatic nitrogens is 2. The number of rotatable bonds is 8. The molecule has 0 saturated carbocycles. The van der Waals surface area contributed by atoms with Crippen LogP contribution in [-0.4, -0.2) is 47.4 Å². The molecule has 1 unspecified atom stereocenters. The number of hydrogen-bond donors (Lipinski definition) is 2. The molecule has 1 fully saturated rings. The van der Waals surface area contributed by atoms with Crippen LogP contribution in [0.5, 0.6) is 5.88 Å². The van der Waals surface area contributed by atoms with Crippen molar-refractivity contribution in [3.8, 4) is 5.88 Å². The van der Waals surface area contributed by atoms with E-state index in [2.05, 4.69) is 29.1 Å². The Morgan fingerprint density at radius 2 is 2.09 bits per heavy atom. The van der Waals surface area contributed by atoms with Crippen molar-refractivity contribution in [2.24, 2.45) is 17.8 Å². The third-order valence-corrected chi connectivity index (χ3v) is 3.86. The van der Waals surface area contributed by atoms with Crippen LogP contribution in [0, 0.1) is 17.8 Å². The van der Waals surface area contributed by atoms with Crippen molar-refractivity contribution in [2.75, 3.05) is 31.7 Å². The van der Waals surface area contributed by atoms with Gasteiger partial charge in [0.1, 0.15) is 0 Å². The van der Waals surface area contributed by atoms with E-state index >= 15 is 0 Å². The van der Waals surface area contributed by atoms with Gasteiger partial charge in [-0.2, -0.15) is 0 Å². The molecule has 1 aliphatic heterocycles. The Kier molecular flexibility index (Phi) is 6.58. The third kappa shape index (κ3) is 5.35. The number of carboxylic acids is 1. The van der Waals surface area contributed by atoms with E-state index in [0.29, 0.717) is 44.0 Å². The van der Waals surface area contributed by atoms with Crippen LogP contribution in [0.15, 0.2) is 12.4 Å². The summed E-state index contributed by atoms with van der Waals surface area (Å²) in [6.45, 7) is 6.20. The average molecular weight is 323 g/mol. The molecule has 23 heavy (non-hydrogen) atoms. The van der Waals surface area contributed by atoms with Crippen molar-refractivity contribution in [2.45, 2.75) is 26.7 Å². The van der Waals surface area contributed by atoms with Crippen LogP contribution in [0.3, 0.4) is 0 Å². The summed E-state index contributed by atoms with van der Waals surface area (Å²) >= 11 is 0. The Morgan fingerprint density at radius 3 is 2.74 bits per heavy atom. The molecule has 0 aliphatic carbocycles. The van der Waals surface area contributed by atoms with Gasteiger partial charge >= 0.3 is 5.97 Å². The summed E-state index contributed by atoms with van der Waals surface area (Å²) in [5.41, 5.74) is 0. The average Bonchev–Trinajstić information content (AvgIpc) is 2.54. The molecule has 0 radical (unpaired) electrons. The van der Waals surface area contributed by atoms with Crippen molar-refractivity contribution < 1.29 is 19.4 Å². The van der Waals surface area contributed by atoms with Crippen LogP contribution < -0.4 is 10.1 Å². The van der Waals surface area contributed by atoms with Crippen LogP contribution in [0.2, 0.25) is 0 Å². The molecule has 7 nitrogen and oxygen atoms in total. The third-order valence-electron chi connectivity index (χ3n) is 3.86. The number of carbonyl (C=O) groups is 1. The maximum absolute atomic E-state index is 11.6. The largest absolute Gasteiger partial charge is 0.481 e. The highest BCUT2D eigenvalue weighted by atomic mass is 16.5. The van der Waals surface area contributed by atoms with Gasteiger partial charge in [0.05, 0.1) is 12.5 Å². The van der Waals surface area contributed by atoms with Crippen molar-refractivity contribution in [1.29, 1.82) is 0 Å². The number of ether oxygens (including phenoxy) is 2. The lowest BCUT2D eigenvalue weighted by molar-refractivity contribution is -0.144. The normalized spacial score (nSPS) is 17.0. The number of nitrogens with one attached hydrogen (secondary N) is 1. The molecular weight excluding hydrogens is 298 g/mol. The minimum absolute atomic E-state index is 0.116. The van der Waals surface area contributed by atoms with Crippen LogP contribution in [0.1, 0.15) is 26.7 Å². The van der Waals surface area contributed by atoms with E-state index in [4.69, 9.17) is 9.47 Å². The second-order valence-corrected chi connectivity index (χ2v) is 6.19. The molecule has 1 aromatic rings. The highest BCUT2D eigenvalue weighted by Crippen LogP contribution is 2.26. The molecule has 7 heteroatoms. The summed E-state index contributed by atoms with van der Waals surface area (Å²) in [7, 11) is 0. The van der Waals surface area contributed by atoms with E-state index in [0.717, 1.165) is 12.8 Å². The van der Waals surface area contributed by atoms with Crippen molar-refractivity contribution >= 4 is 11.8 Å². The SMILES string of the molecule is CC(C)COc1nccnc1NCC(C(=O)O)C1CCOCC1. The highest BCUT2D eigenvalue weighted by molar-refractivity contribution is 5.71. The lowest BCUT2D eigenvalue weighted by atomic mass is 9.86. The summed E-state index contributed by atoms with van der Waals surface area (Å²) in [6, 6.07) is 0. The fourth-order valence-electron chi connectivity index (χ4n) is 2.58. The maximum atomic E-state index is 11.6. The number of nitrogens with zero attached hydrogens (tertiary/aromatic N) is 2. The second kappa shape index (κ2) is 8.67. The molecule has 2 N–H and O–H groups in total. The van der Waals surface area contributed by atoms with Crippen molar-refractivity contribution in [3.63, 3.8) is 0 Å². The fraction of sp³-hybridized carbons (Fsp3) is 0.688. The van der Waals surface area contributed by atoms with Gasteiger partial charge in [-0.3, -0.25) is 4.79 Å². The molecule has 2 rings (SSSR count). The van der Waals surface area contributed by atoms with Crippen LogP contribution in [-0.2, 0) is 9.53 Å². The Morgan fingerprint density at radius 1 is 1.39 bits per heavy atom. The van der Waals surface area contributed by atoms with E-state index in [-0.39, 0.29) is 5.92 Å². The van der Waals surface area contributed by atoms with Gasteiger partial charge in [0.25, 0.3) is 5.88 Å². The zero-order valence-corrected chi connectivity index (χ0v) is 13.7. The van der Waals surface area contributed by atoms with Gasteiger partial charge < -0.3 is 19.9 Å². The summed E-state index contributed by atoms with van der Waals surface area (Å²) in [5, 5.41) is 12.6. The lowest BCUT2D eigenvalue weighted by Crippen LogP contribution is -2.34. The number of hydrogen-bond acceptors (Lipinski definition) is 6. The van der Waals surface area contributed by atoms with Gasteiger partial charge in [0.15, 0.2) is 5.82 Å². The Balaban J connectivity index is 1.98. The fourth-order valence-corrected chi connectivity index (χ4v) is 2.58. The van der Waals surface area contributed by atoms with E-state index in [9.17, 15) is 9.90 Å². The Bertz CT molecular complexity index is 504. The van der Waals surface area contributed by atoms with Gasteiger partial charge in [0, 0.05) is 32.2 Å². The highest BCUT2D eigenvalue weighted by Gasteiger charge is 2.29. The minimum Gasteiger partial charge on any atom is -0.481 e. The Labute approximate surface area is 136 Å². The standard InChI is InChI=1S/C16H25N3O4/c1-11(2)10-23-15-14(17-5-6-18-15)19-9-13(16(20)21)12-3-7-22-8-4-12/h5-6,11-13H,3-4,7-10H2,1-2H3,(H,17,19)(H,20,21). The van der Waals surface area contributed by atoms with E-state index in [1.54, 1.807) is 12.4 Å². The first-order valence-electron chi connectivity index (χ1n) is 8.06. The molecule has 0 spiro atoms. The summed E-state index contributed by atoms with van der Waals surface area (Å²) in [4.78, 5) is 20.0. The smallest absolute Gasteiger partial charge is 0.308 e. The van der Waals surface area contributed by atoms with Gasteiger partial charge in [-0.15, -0.1) is 0 Å². The molecule has 1 aliphatic rings. The number of anilines is 1.